The summed E-state index contributed by atoms with van der Waals surface area (Å²) in [5, 5.41) is 2.89. The molecule has 98 valence electrons. The SMILES string of the molecule is CC(NC(=O)c1ccc(N)cc1N)c1ccncc1. The molecule has 1 unspecified atom stereocenters. The molecule has 0 spiro atoms. The van der Waals surface area contributed by atoms with E-state index in [9.17, 15) is 4.79 Å². The fraction of sp³-hybridized carbons (Fsp3) is 0.143. The van der Waals surface area contributed by atoms with Crippen LogP contribution in [0.4, 0.5) is 11.4 Å². The van der Waals surface area contributed by atoms with E-state index in [1.807, 2.05) is 19.1 Å². The van der Waals surface area contributed by atoms with Gasteiger partial charge in [0, 0.05) is 23.8 Å². The Hall–Kier alpha value is -2.56. The van der Waals surface area contributed by atoms with E-state index < -0.39 is 0 Å². The summed E-state index contributed by atoms with van der Waals surface area (Å²) in [5.41, 5.74) is 13.7. The van der Waals surface area contributed by atoms with Crippen molar-refractivity contribution >= 4 is 17.3 Å². The lowest BCUT2D eigenvalue weighted by atomic mass is 10.1. The van der Waals surface area contributed by atoms with Crippen molar-refractivity contribution in [2.45, 2.75) is 13.0 Å². The third-order valence-electron chi connectivity index (χ3n) is 2.87. The number of benzene rings is 1. The monoisotopic (exact) mass is 256 g/mol. The molecule has 1 atom stereocenters. The van der Waals surface area contributed by atoms with Crippen molar-refractivity contribution in [1.82, 2.24) is 10.3 Å². The molecule has 0 aliphatic rings. The molecule has 2 rings (SSSR count). The number of carbonyl (C=O) groups excluding carboxylic acids is 1. The smallest absolute Gasteiger partial charge is 0.253 e. The predicted molar refractivity (Wildman–Crippen MR) is 75.4 cm³/mol. The third-order valence-corrected chi connectivity index (χ3v) is 2.87. The van der Waals surface area contributed by atoms with E-state index in [0.717, 1.165) is 5.56 Å². The number of aromatic nitrogens is 1. The second-order valence-electron chi connectivity index (χ2n) is 4.32. The Kier molecular flexibility index (Phi) is 3.66. The van der Waals surface area contributed by atoms with Crippen LogP contribution in [-0.2, 0) is 0 Å². The van der Waals surface area contributed by atoms with E-state index in [0.29, 0.717) is 16.9 Å². The highest BCUT2D eigenvalue weighted by Gasteiger charge is 2.13. The van der Waals surface area contributed by atoms with Crippen molar-refractivity contribution in [3.8, 4) is 0 Å². The quantitative estimate of drug-likeness (QED) is 0.729. The second-order valence-corrected chi connectivity index (χ2v) is 4.32. The highest BCUT2D eigenvalue weighted by atomic mass is 16.1. The molecule has 5 nitrogen and oxygen atoms in total. The lowest BCUT2D eigenvalue weighted by molar-refractivity contribution is 0.0941. The van der Waals surface area contributed by atoms with Crippen molar-refractivity contribution in [1.29, 1.82) is 0 Å². The van der Waals surface area contributed by atoms with Crippen LogP contribution in [0.1, 0.15) is 28.9 Å². The maximum Gasteiger partial charge on any atom is 0.253 e. The van der Waals surface area contributed by atoms with Crippen LogP contribution in [0.15, 0.2) is 42.7 Å². The first-order chi connectivity index (χ1) is 9.08. The van der Waals surface area contributed by atoms with Crippen LogP contribution >= 0.6 is 0 Å². The molecular weight excluding hydrogens is 240 g/mol. The van der Waals surface area contributed by atoms with Crippen LogP contribution < -0.4 is 16.8 Å². The number of nitrogens with zero attached hydrogens (tertiary/aromatic N) is 1. The van der Waals surface area contributed by atoms with Gasteiger partial charge >= 0.3 is 0 Å². The summed E-state index contributed by atoms with van der Waals surface area (Å²) >= 11 is 0. The lowest BCUT2D eigenvalue weighted by Gasteiger charge is -2.15. The van der Waals surface area contributed by atoms with Crippen molar-refractivity contribution in [2.75, 3.05) is 11.5 Å². The van der Waals surface area contributed by atoms with Crippen molar-refractivity contribution in [2.24, 2.45) is 0 Å². The Balaban J connectivity index is 2.13. The van der Waals surface area contributed by atoms with Crippen LogP contribution in [0.25, 0.3) is 0 Å². The summed E-state index contributed by atoms with van der Waals surface area (Å²) < 4.78 is 0. The predicted octanol–water partition coefficient (Wildman–Crippen LogP) is 1.74. The number of rotatable bonds is 3. The maximum atomic E-state index is 12.1. The van der Waals surface area contributed by atoms with Crippen LogP contribution in [0.5, 0.6) is 0 Å². The van der Waals surface area contributed by atoms with Gasteiger partial charge in [-0.15, -0.1) is 0 Å². The summed E-state index contributed by atoms with van der Waals surface area (Å²) in [6.45, 7) is 1.90. The maximum absolute atomic E-state index is 12.1. The summed E-state index contributed by atoms with van der Waals surface area (Å²) in [6, 6.07) is 8.45. The summed E-state index contributed by atoms with van der Waals surface area (Å²) in [5.74, 6) is -0.221. The van der Waals surface area contributed by atoms with Gasteiger partial charge in [0.2, 0.25) is 0 Å². The van der Waals surface area contributed by atoms with E-state index in [1.165, 1.54) is 0 Å². The number of nitrogens with one attached hydrogen (secondary N) is 1. The molecule has 0 radical (unpaired) electrons. The van der Waals surface area contributed by atoms with Crippen molar-refractivity contribution in [3.05, 3.63) is 53.9 Å². The standard InChI is InChI=1S/C14H16N4O/c1-9(10-4-6-17-7-5-10)18-14(19)12-3-2-11(15)8-13(12)16/h2-9H,15-16H2,1H3,(H,18,19). The normalized spacial score (nSPS) is 11.8. The molecule has 0 saturated carbocycles. The van der Waals surface area contributed by atoms with E-state index in [2.05, 4.69) is 10.3 Å². The molecule has 0 bridgehead atoms. The first-order valence-electron chi connectivity index (χ1n) is 5.93. The lowest BCUT2D eigenvalue weighted by Crippen LogP contribution is -2.27. The molecule has 1 aromatic carbocycles. The Bertz CT molecular complexity index is 583. The number of amides is 1. The molecule has 1 heterocycles. The Morgan fingerprint density at radius 1 is 1.21 bits per heavy atom. The third kappa shape index (κ3) is 3.01. The number of hydrogen-bond donors (Lipinski definition) is 3. The molecule has 0 fully saturated rings. The van der Waals surface area contributed by atoms with Gasteiger partial charge in [0.05, 0.1) is 11.6 Å². The van der Waals surface area contributed by atoms with Gasteiger partial charge in [0.1, 0.15) is 0 Å². The van der Waals surface area contributed by atoms with Gasteiger partial charge in [-0.1, -0.05) is 0 Å². The van der Waals surface area contributed by atoms with Gasteiger partial charge in [-0.3, -0.25) is 9.78 Å². The zero-order chi connectivity index (χ0) is 13.8. The minimum Gasteiger partial charge on any atom is -0.399 e. The Morgan fingerprint density at radius 3 is 2.53 bits per heavy atom. The summed E-state index contributed by atoms with van der Waals surface area (Å²) in [7, 11) is 0. The van der Waals surface area contributed by atoms with Gasteiger partial charge in [-0.05, 0) is 42.8 Å². The van der Waals surface area contributed by atoms with Gasteiger partial charge in [0.15, 0.2) is 0 Å². The van der Waals surface area contributed by atoms with Gasteiger partial charge in [0.25, 0.3) is 5.91 Å². The van der Waals surface area contributed by atoms with Gasteiger partial charge in [-0.2, -0.15) is 0 Å². The highest BCUT2D eigenvalue weighted by molar-refractivity contribution is 5.99. The van der Waals surface area contributed by atoms with E-state index >= 15 is 0 Å². The van der Waals surface area contributed by atoms with Crippen LogP contribution in [0, 0.1) is 0 Å². The van der Waals surface area contributed by atoms with Gasteiger partial charge in [-0.25, -0.2) is 0 Å². The van der Waals surface area contributed by atoms with Crippen LogP contribution in [0.2, 0.25) is 0 Å². The zero-order valence-corrected chi connectivity index (χ0v) is 10.6. The fourth-order valence-corrected chi connectivity index (χ4v) is 1.80. The molecule has 1 amide bonds. The minimum absolute atomic E-state index is 0.118. The molecular formula is C14H16N4O. The molecule has 5 N–H and O–H groups in total. The highest BCUT2D eigenvalue weighted by Crippen LogP contribution is 2.17. The number of pyridine rings is 1. The van der Waals surface area contributed by atoms with Gasteiger partial charge < -0.3 is 16.8 Å². The van der Waals surface area contributed by atoms with E-state index in [4.69, 9.17) is 11.5 Å². The first kappa shape index (κ1) is 12.9. The average molecular weight is 256 g/mol. The van der Waals surface area contributed by atoms with Crippen LogP contribution in [0.3, 0.4) is 0 Å². The molecule has 0 aliphatic heterocycles. The summed E-state index contributed by atoms with van der Waals surface area (Å²) in [6.07, 6.45) is 3.38. The molecule has 0 aliphatic carbocycles. The average Bonchev–Trinajstić information content (AvgIpc) is 2.39. The van der Waals surface area contributed by atoms with E-state index in [-0.39, 0.29) is 11.9 Å². The second kappa shape index (κ2) is 5.39. The number of nitrogens with two attached hydrogens (primary N) is 2. The molecule has 0 saturated heterocycles. The van der Waals surface area contributed by atoms with Crippen molar-refractivity contribution in [3.63, 3.8) is 0 Å². The number of carbonyl (C=O) groups is 1. The Labute approximate surface area is 111 Å². The number of anilines is 2. The number of hydrogen-bond acceptors (Lipinski definition) is 4. The number of nitrogen functional groups attached to an aromatic ring is 2. The summed E-state index contributed by atoms with van der Waals surface area (Å²) in [4.78, 5) is 16.1. The molecule has 2 aromatic rings. The topological polar surface area (TPSA) is 94.0 Å². The largest absolute Gasteiger partial charge is 0.399 e. The molecule has 19 heavy (non-hydrogen) atoms. The van der Waals surface area contributed by atoms with Crippen molar-refractivity contribution < 1.29 is 4.79 Å². The fourth-order valence-electron chi connectivity index (χ4n) is 1.80. The zero-order valence-electron chi connectivity index (χ0n) is 10.6. The van der Waals surface area contributed by atoms with E-state index in [1.54, 1.807) is 30.6 Å². The molecule has 5 heteroatoms. The van der Waals surface area contributed by atoms with Crippen LogP contribution in [-0.4, -0.2) is 10.9 Å². The minimum atomic E-state index is -0.221. The Morgan fingerprint density at radius 2 is 1.89 bits per heavy atom. The first-order valence-corrected chi connectivity index (χ1v) is 5.93. The molecule has 1 aromatic heterocycles.